The molecule has 0 bridgehead atoms. The first kappa shape index (κ1) is 54.3. The van der Waals surface area contributed by atoms with E-state index in [1.165, 1.54) is 44.5 Å². The Kier molecular flexibility index (Phi) is 13.8. The summed E-state index contributed by atoms with van der Waals surface area (Å²) in [6, 6.07) is 67.1. The number of imidazole rings is 2. The molecule has 0 amide bonds. The Bertz CT molecular complexity index is 4810. The fourth-order valence-electron chi connectivity index (χ4n) is 12.2. The second-order valence-electron chi connectivity index (χ2n) is 23.2. The van der Waals surface area contributed by atoms with Crippen molar-refractivity contribution in [2.75, 3.05) is 0 Å². The first-order chi connectivity index (χ1) is 40.3. The summed E-state index contributed by atoms with van der Waals surface area (Å²) < 4.78 is 25.7. The average molecular weight is 1280 g/mol. The zero-order valence-corrected chi connectivity index (χ0v) is 51.0. The van der Waals surface area contributed by atoms with Gasteiger partial charge in [0.1, 0.15) is 11.1 Å². The van der Waals surface area contributed by atoms with Crippen molar-refractivity contribution in [2.45, 2.75) is 92.9 Å². The summed E-state index contributed by atoms with van der Waals surface area (Å²) in [6.07, 6.45) is 0. The van der Waals surface area contributed by atoms with Crippen molar-refractivity contribution >= 4 is 66.2 Å². The normalized spacial score (nSPS) is 12.0. The molecule has 0 aliphatic rings. The SMILES string of the molecule is Cc1ccc2c(n1)oc1c2nc(C)c2oc3c(-c4nc5ccccc5n4-c4c(C(C)C)cc(-c5ccccc5)cc4C(C)C)[c-]c(Oc4[c-]c(-c5nc6ccccc6n5-c5c(C(C)C)cc(-c6ccccc6)cc5C(C)C)ccc4)cc3c21.[Pt+2]. The summed E-state index contributed by atoms with van der Waals surface area (Å²) in [7, 11) is 0. The smallest absolute Gasteiger partial charge is 0.498 e. The van der Waals surface area contributed by atoms with Crippen LogP contribution < -0.4 is 4.74 Å². The quantitative estimate of drug-likeness (QED) is 0.112. The van der Waals surface area contributed by atoms with Crippen molar-refractivity contribution in [1.29, 1.82) is 0 Å². The molecule has 6 heterocycles. The molecule has 0 saturated carbocycles. The molecule has 0 spiro atoms. The molecular formula is C74H62N6O3Pt. The zero-order valence-electron chi connectivity index (χ0n) is 48.7. The summed E-state index contributed by atoms with van der Waals surface area (Å²) in [5.74, 6) is 3.06. The van der Waals surface area contributed by atoms with E-state index in [1.807, 2.05) is 50.2 Å². The molecular weight excluding hydrogens is 1220 g/mol. The van der Waals surface area contributed by atoms with Gasteiger partial charge in [-0.15, -0.1) is 23.8 Å². The number of pyridine rings is 2. The van der Waals surface area contributed by atoms with Crippen molar-refractivity contribution in [1.82, 2.24) is 29.1 Å². The number of para-hydroxylation sites is 4. The van der Waals surface area contributed by atoms with Crippen molar-refractivity contribution in [3.63, 3.8) is 0 Å². The van der Waals surface area contributed by atoms with Gasteiger partial charge in [0.2, 0.25) is 5.71 Å². The third-order valence-corrected chi connectivity index (χ3v) is 16.3. The van der Waals surface area contributed by atoms with E-state index in [2.05, 4.69) is 210 Å². The van der Waals surface area contributed by atoms with E-state index >= 15 is 0 Å². The van der Waals surface area contributed by atoms with Gasteiger partial charge in [0.25, 0.3) is 0 Å². The third-order valence-electron chi connectivity index (χ3n) is 16.3. The van der Waals surface area contributed by atoms with Crippen molar-refractivity contribution in [3.8, 4) is 67.9 Å². The van der Waals surface area contributed by atoms with E-state index in [4.69, 9.17) is 33.5 Å². The third kappa shape index (κ3) is 9.12. The Labute approximate surface area is 503 Å². The van der Waals surface area contributed by atoms with Crippen LogP contribution in [0.1, 0.15) is 113 Å². The number of furan rings is 2. The van der Waals surface area contributed by atoms with Crippen LogP contribution >= 0.6 is 0 Å². The second kappa shape index (κ2) is 21.4. The van der Waals surface area contributed by atoms with Crippen molar-refractivity contribution in [2.24, 2.45) is 0 Å². The molecule has 84 heavy (non-hydrogen) atoms. The van der Waals surface area contributed by atoms with Crippen LogP contribution in [0.2, 0.25) is 0 Å². The molecule has 0 N–H and O–H groups in total. The standard InChI is InChI=1S/C74H62N6O3.Pt/c1-41(2)55-35-50(47-22-13-11-14-23-47)36-56(42(3)4)67(55)79-63-30-19-17-28-61(63)77-72(79)49-26-21-27-52(34-49)81-53-39-59-65-69(46(10)76-66-54-33-32-45(9)75-74(54)83-71(65)66)82-70(59)60(40-53)73-78-62-29-18-20-31-64(62)80(73)68-57(43(5)6)37-51(38-58(68)44(7)8)48-24-15-12-16-25-48;/h11-33,35-39,41-44H,1-10H3;/q-2;+2. The molecule has 0 aliphatic heterocycles. The van der Waals surface area contributed by atoms with E-state index < -0.39 is 0 Å². The number of benzene rings is 8. The predicted octanol–water partition coefficient (Wildman–Crippen LogP) is 20.1. The van der Waals surface area contributed by atoms with Gasteiger partial charge in [0, 0.05) is 28.6 Å². The van der Waals surface area contributed by atoms with E-state index in [0.29, 0.717) is 50.9 Å². The molecule has 0 unspecified atom stereocenters. The van der Waals surface area contributed by atoms with Gasteiger partial charge in [-0.25, -0.2) is 9.97 Å². The fraction of sp³-hybridized carbons (Fsp3) is 0.189. The maximum Gasteiger partial charge on any atom is 2.00 e. The van der Waals surface area contributed by atoms with Crippen LogP contribution in [0.5, 0.6) is 11.5 Å². The molecule has 6 aromatic heterocycles. The van der Waals surface area contributed by atoms with Crippen LogP contribution in [0.25, 0.3) is 123 Å². The van der Waals surface area contributed by atoms with Gasteiger partial charge in [-0.05, 0) is 148 Å². The van der Waals surface area contributed by atoms with E-state index in [-0.39, 0.29) is 44.7 Å². The molecule has 0 atom stereocenters. The summed E-state index contributed by atoms with van der Waals surface area (Å²) in [5, 5.41) is 2.36. The van der Waals surface area contributed by atoms with Crippen LogP contribution in [-0.2, 0) is 21.1 Å². The summed E-state index contributed by atoms with van der Waals surface area (Å²) in [6.45, 7) is 22.1. The topological polar surface area (TPSA) is 96.9 Å². The average Bonchev–Trinajstić information content (AvgIpc) is 3.11. The molecule has 9 nitrogen and oxygen atoms in total. The summed E-state index contributed by atoms with van der Waals surface area (Å²) >= 11 is 0. The maximum atomic E-state index is 7.18. The zero-order chi connectivity index (χ0) is 56.9. The minimum absolute atomic E-state index is 0. The number of aromatic nitrogens is 6. The molecule has 0 aliphatic carbocycles. The molecule has 14 aromatic rings. The number of nitrogens with zero attached hydrogens (tertiary/aromatic N) is 6. The first-order valence-electron chi connectivity index (χ1n) is 28.9. The van der Waals surface area contributed by atoms with Crippen LogP contribution in [0.15, 0.2) is 179 Å². The predicted molar refractivity (Wildman–Crippen MR) is 338 cm³/mol. The number of ether oxygens (including phenoxy) is 1. The Morgan fingerprint density at radius 3 is 1.52 bits per heavy atom. The minimum atomic E-state index is 0. The molecule has 0 saturated heterocycles. The largest absolute Gasteiger partial charge is 2.00 e. The number of hydrogen-bond donors (Lipinski definition) is 0. The van der Waals surface area contributed by atoms with Crippen molar-refractivity contribution in [3.05, 3.63) is 216 Å². The monoisotopic (exact) mass is 1280 g/mol. The molecule has 416 valence electrons. The van der Waals surface area contributed by atoms with Crippen LogP contribution in [0, 0.1) is 26.0 Å². The number of aryl methyl sites for hydroxylation is 2. The van der Waals surface area contributed by atoms with Crippen molar-refractivity contribution < 1.29 is 34.6 Å². The molecule has 0 fully saturated rings. The van der Waals surface area contributed by atoms with E-state index in [1.54, 1.807) is 0 Å². The van der Waals surface area contributed by atoms with Gasteiger partial charge in [0.05, 0.1) is 55.8 Å². The molecule has 8 aromatic carbocycles. The van der Waals surface area contributed by atoms with E-state index in [0.717, 1.165) is 72.4 Å². The summed E-state index contributed by atoms with van der Waals surface area (Å²) in [5.41, 5.74) is 21.5. The molecule has 0 radical (unpaired) electrons. The molecule has 10 heteroatoms. The number of hydrogen-bond acceptors (Lipinski definition) is 7. The van der Waals surface area contributed by atoms with Gasteiger partial charge in [0.15, 0.2) is 5.58 Å². The van der Waals surface area contributed by atoms with Gasteiger partial charge in [-0.3, -0.25) is 9.97 Å². The van der Waals surface area contributed by atoms with Gasteiger partial charge in [-0.2, -0.15) is 0 Å². The molecule has 14 rings (SSSR count). The Morgan fingerprint density at radius 2 is 0.964 bits per heavy atom. The Hall–Kier alpha value is -8.91. The Morgan fingerprint density at radius 1 is 0.440 bits per heavy atom. The van der Waals surface area contributed by atoms with Gasteiger partial charge in [-0.1, -0.05) is 164 Å². The number of fused-ring (bicyclic) bond motifs is 9. The Balaban J connectivity index is 0.00000658. The van der Waals surface area contributed by atoms with E-state index in [9.17, 15) is 0 Å². The first-order valence-corrected chi connectivity index (χ1v) is 28.9. The minimum Gasteiger partial charge on any atom is -0.498 e. The fourth-order valence-corrected chi connectivity index (χ4v) is 12.2. The summed E-state index contributed by atoms with van der Waals surface area (Å²) in [4.78, 5) is 20.9. The van der Waals surface area contributed by atoms with Crippen LogP contribution in [0.4, 0.5) is 0 Å². The number of rotatable bonds is 12. The van der Waals surface area contributed by atoms with Crippen LogP contribution in [0.3, 0.4) is 0 Å². The van der Waals surface area contributed by atoms with Crippen LogP contribution in [-0.4, -0.2) is 29.1 Å². The van der Waals surface area contributed by atoms with Gasteiger partial charge < -0.3 is 22.7 Å². The van der Waals surface area contributed by atoms with Gasteiger partial charge >= 0.3 is 21.1 Å². The maximum absolute atomic E-state index is 7.18. The second-order valence-corrected chi connectivity index (χ2v) is 23.2.